The first-order valence-electron chi connectivity index (χ1n) is 5.58. The van der Waals surface area contributed by atoms with Gasteiger partial charge in [-0.15, -0.1) is 0 Å². The summed E-state index contributed by atoms with van der Waals surface area (Å²) in [4.78, 5) is 4.32. The van der Waals surface area contributed by atoms with Crippen molar-refractivity contribution in [2.24, 2.45) is 16.8 Å². The van der Waals surface area contributed by atoms with Crippen molar-refractivity contribution < 1.29 is 4.74 Å². The molecule has 0 spiro atoms. The first-order chi connectivity index (χ1) is 7.31. The highest BCUT2D eigenvalue weighted by Crippen LogP contribution is 2.32. The average Bonchev–Trinajstić information content (AvgIpc) is 3.01. The Kier molecular flexibility index (Phi) is 5.42. The SMILES string of the molecule is CCC1CC1NC(=NCCCOC)NN. The molecular formula is C10H22N4O. The maximum atomic E-state index is 5.38. The third-order valence-corrected chi connectivity index (χ3v) is 2.68. The van der Waals surface area contributed by atoms with Crippen LogP contribution in [0, 0.1) is 5.92 Å². The minimum Gasteiger partial charge on any atom is -0.385 e. The van der Waals surface area contributed by atoms with Gasteiger partial charge in [-0.1, -0.05) is 13.3 Å². The van der Waals surface area contributed by atoms with Gasteiger partial charge in [0.25, 0.3) is 0 Å². The van der Waals surface area contributed by atoms with Crippen molar-refractivity contribution in [3.8, 4) is 0 Å². The molecule has 15 heavy (non-hydrogen) atoms. The van der Waals surface area contributed by atoms with Gasteiger partial charge in [0.2, 0.25) is 5.96 Å². The number of hydrogen-bond acceptors (Lipinski definition) is 3. The number of aliphatic imine (C=N–C) groups is 1. The molecule has 0 radical (unpaired) electrons. The standard InChI is InChI=1S/C10H22N4O/c1-3-8-7-9(8)13-10(14-11)12-5-4-6-15-2/h8-9H,3-7,11H2,1-2H3,(H2,12,13,14). The minimum atomic E-state index is 0.562. The van der Waals surface area contributed by atoms with E-state index in [-0.39, 0.29) is 0 Å². The number of nitrogens with one attached hydrogen (secondary N) is 2. The van der Waals surface area contributed by atoms with Crippen LogP contribution in [0.5, 0.6) is 0 Å². The topological polar surface area (TPSA) is 71.7 Å². The maximum absolute atomic E-state index is 5.38. The van der Waals surface area contributed by atoms with Crippen LogP contribution in [0.25, 0.3) is 0 Å². The van der Waals surface area contributed by atoms with Crippen LogP contribution in [0.1, 0.15) is 26.2 Å². The van der Waals surface area contributed by atoms with Crippen molar-refractivity contribution in [3.05, 3.63) is 0 Å². The summed E-state index contributed by atoms with van der Waals surface area (Å²) in [6.07, 6.45) is 3.37. The predicted molar refractivity (Wildman–Crippen MR) is 61.4 cm³/mol. The van der Waals surface area contributed by atoms with E-state index in [9.17, 15) is 0 Å². The molecule has 0 aromatic rings. The molecule has 1 saturated carbocycles. The monoisotopic (exact) mass is 214 g/mol. The van der Waals surface area contributed by atoms with E-state index < -0.39 is 0 Å². The van der Waals surface area contributed by atoms with Crippen molar-refractivity contribution >= 4 is 5.96 Å². The zero-order valence-electron chi connectivity index (χ0n) is 9.62. The number of hydrogen-bond donors (Lipinski definition) is 3. The molecular weight excluding hydrogens is 192 g/mol. The van der Waals surface area contributed by atoms with Crippen LogP contribution in [-0.2, 0) is 4.74 Å². The van der Waals surface area contributed by atoms with Gasteiger partial charge in [0.1, 0.15) is 0 Å². The molecule has 0 aliphatic heterocycles. The van der Waals surface area contributed by atoms with Crippen LogP contribution in [-0.4, -0.2) is 32.3 Å². The number of nitrogens with zero attached hydrogens (tertiary/aromatic N) is 1. The Balaban J connectivity index is 2.17. The molecule has 5 heteroatoms. The van der Waals surface area contributed by atoms with Gasteiger partial charge in [-0.25, -0.2) is 5.84 Å². The molecule has 5 nitrogen and oxygen atoms in total. The number of methoxy groups -OCH3 is 1. The fourth-order valence-corrected chi connectivity index (χ4v) is 1.58. The van der Waals surface area contributed by atoms with Gasteiger partial charge in [0, 0.05) is 26.3 Å². The quantitative estimate of drug-likeness (QED) is 0.195. The molecule has 2 unspecified atom stereocenters. The van der Waals surface area contributed by atoms with E-state index in [1.54, 1.807) is 7.11 Å². The van der Waals surface area contributed by atoms with Crippen molar-refractivity contribution in [1.29, 1.82) is 0 Å². The van der Waals surface area contributed by atoms with Crippen molar-refractivity contribution in [2.75, 3.05) is 20.3 Å². The van der Waals surface area contributed by atoms with Crippen LogP contribution in [0.3, 0.4) is 0 Å². The van der Waals surface area contributed by atoms with Gasteiger partial charge in [0.15, 0.2) is 0 Å². The zero-order chi connectivity index (χ0) is 11.1. The summed E-state index contributed by atoms with van der Waals surface area (Å²) in [5, 5.41) is 3.29. The average molecular weight is 214 g/mol. The summed E-state index contributed by atoms with van der Waals surface area (Å²) in [6.45, 7) is 3.68. The molecule has 0 amide bonds. The molecule has 1 aliphatic rings. The van der Waals surface area contributed by atoms with Crippen LogP contribution >= 0.6 is 0 Å². The van der Waals surface area contributed by atoms with E-state index in [1.807, 2.05) is 0 Å². The largest absolute Gasteiger partial charge is 0.385 e. The molecule has 88 valence electrons. The summed E-state index contributed by atoms with van der Waals surface area (Å²) in [7, 11) is 1.69. The predicted octanol–water partition coefficient (Wildman–Crippen LogP) is 0.230. The van der Waals surface area contributed by atoms with Crippen LogP contribution < -0.4 is 16.6 Å². The zero-order valence-corrected chi connectivity index (χ0v) is 9.62. The third kappa shape index (κ3) is 4.48. The van der Waals surface area contributed by atoms with E-state index >= 15 is 0 Å². The molecule has 0 heterocycles. The van der Waals surface area contributed by atoms with Gasteiger partial charge in [-0.3, -0.25) is 10.4 Å². The van der Waals surface area contributed by atoms with Crippen LogP contribution in [0.2, 0.25) is 0 Å². The molecule has 1 aliphatic carbocycles. The Labute approximate surface area is 91.4 Å². The number of rotatable bonds is 6. The smallest absolute Gasteiger partial charge is 0.205 e. The Morgan fingerprint density at radius 1 is 1.60 bits per heavy atom. The maximum Gasteiger partial charge on any atom is 0.205 e. The van der Waals surface area contributed by atoms with Crippen LogP contribution in [0.4, 0.5) is 0 Å². The fourth-order valence-electron chi connectivity index (χ4n) is 1.58. The second-order valence-electron chi connectivity index (χ2n) is 3.88. The van der Waals surface area contributed by atoms with Gasteiger partial charge >= 0.3 is 0 Å². The molecule has 0 aromatic carbocycles. The summed E-state index contributed by atoms with van der Waals surface area (Å²) in [5.74, 6) is 6.87. The lowest BCUT2D eigenvalue weighted by atomic mass is 10.3. The van der Waals surface area contributed by atoms with E-state index in [4.69, 9.17) is 10.6 Å². The lowest BCUT2D eigenvalue weighted by molar-refractivity contribution is 0.197. The Morgan fingerprint density at radius 2 is 2.40 bits per heavy atom. The summed E-state index contributed by atoms with van der Waals surface area (Å²) in [6, 6.07) is 0.562. The van der Waals surface area contributed by atoms with Crippen molar-refractivity contribution in [2.45, 2.75) is 32.2 Å². The Hall–Kier alpha value is -0.810. The first kappa shape index (κ1) is 12.3. The molecule has 1 rings (SSSR count). The van der Waals surface area contributed by atoms with E-state index in [0.717, 1.165) is 25.5 Å². The first-order valence-corrected chi connectivity index (χ1v) is 5.58. The molecule has 0 aromatic heterocycles. The Bertz CT molecular complexity index is 208. The lowest BCUT2D eigenvalue weighted by Crippen LogP contribution is -2.43. The summed E-state index contributed by atoms with van der Waals surface area (Å²) in [5.41, 5.74) is 2.59. The molecule has 1 fully saturated rings. The minimum absolute atomic E-state index is 0.562. The fraction of sp³-hybridized carbons (Fsp3) is 0.900. The number of ether oxygens (including phenoxy) is 1. The highest BCUT2D eigenvalue weighted by molar-refractivity contribution is 5.79. The number of hydrazine groups is 1. The molecule has 4 N–H and O–H groups in total. The van der Waals surface area contributed by atoms with E-state index in [2.05, 4.69) is 22.7 Å². The normalized spacial score (nSPS) is 25.1. The van der Waals surface area contributed by atoms with E-state index in [0.29, 0.717) is 12.0 Å². The molecule has 0 saturated heterocycles. The van der Waals surface area contributed by atoms with Crippen molar-refractivity contribution in [3.63, 3.8) is 0 Å². The lowest BCUT2D eigenvalue weighted by Gasteiger charge is -2.08. The molecule has 0 bridgehead atoms. The van der Waals surface area contributed by atoms with Gasteiger partial charge in [0.05, 0.1) is 0 Å². The highest BCUT2D eigenvalue weighted by Gasteiger charge is 2.35. The van der Waals surface area contributed by atoms with Gasteiger partial charge in [-0.2, -0.15) is 0 Å². The summed E-state index contributed by atoms with van der Waals surface area (Å²) >= 11 is 0. The summed E-state index contributed by atoms with van der Waals surface area (Å²) < 4.78 is 4.94. The second-order valence-corrected chi connectivity index (χ2v) is 3.88. The number of nitrogens with two attached hydrogens (primary N) is 1. The van der Waals surface area contributed by atoms with Gasteiger partial charge in [-0.05, 0) is 18.8 Å². The number of guanidine groups is 1. The second kappa shape index (κ2) is 6.63. The van der Waals surface area contributed by atoms with E-state index in [1.165, 1.54) is 12.8 Å². The third-order valence-electron chi connectivity index (χ3n) is 2.68. The van der Waals surface area contributed by atoms with Crippen LogP contribution in [0.15, 0.2) is 4.99 Å². The Morgan fingerprint density at radius 3 is 2.93 bits per heavy atom. The van der Waals surface area contributed by atoms with Gasteiger partial charge < -0.3 is 10.1 Å². The van der Waals surface area contributed by atoms with Crippen molar-refractivity contribution in [1.82, 2.24) is 10.7 Å². The molecule has 2 atom stereocenters. The highest BCUT2D eigenvalue weighted by atomic mass is 16.5.